The van der Waals surface area contributed by atoms with Crippen LogP contribution < -0.4 is 9.47 Å². The first-order valence-corrected chi connectivity index (χ1v) is 5.96. The Balaban J connectivity index is 2.76. The normalized spacial score (nSPS) is 10.2. The van der Waals surface area contributed by atoms with Gasteiger partial charge in [-0.3, -0.25) is 0 Å². The summed E-state index contributed by atoms with van der Waals surface area (Å²) in [7, 11) is 3.39. The third-order valence-corrected chi connectivity index (χ3v) is 3.16. The molecule has 0 atom stereocenters. The van der Waals surface area contributed by atoms with E-state index >= 15 is 0 Å². The average Bonchev–Trinajstić information content (AvgIpc) is 2.38. The number of hydrogen-bond acceptors (Lipinski definition) is 2. The van der Waals surface area contributed by atoms with Crippen LogP contribution in [0.5, 0.6) is 11.5 Å². The van der Waals surface area contributed by atoms with Gasteiger partial charge in [0.25, 0.3) is 0 Å². The molecule has 0 bridgehead atoms. The van der Waals surface area contributed by atoms with Crippen LogP contribution in [0.2, 0.25) is 0 Å². The smallest absolute Gasteiger partial charge is 0.127 e. The highest BCUT2D eigenvalue weighted by Crippen LogP contribution is 2.40. The summed E-state index contributed by atoms with van der Waals surface area (Å²) in [4.78, 5) is 0. The predicted molar refractivity (Wildman–Crippen MR) is 74.5 cm³/mol. The number of hydrogen-bond donors (Lipinski definition) is 0. The minimum Gasteiger partial charge on any atom is -0.496 e. The molecule has 0 aliphatic heterocycles. The molecule has 94 valence electrons. The van der Waals surface area contributed by atoms with Crippen LogP contribution in [-0.4, -0.2) is 14.2 Å². The molecule has 2 heteroatoms. The Morgan fingerprint density at radius 3 is 1.39 bits per heavy atom. The monoisotopic (exact) mass is 242 g/mol. The standard InChI is InChI=1S/C16H18O2/c1-11-7-5-9-13(17-3)15(11)16-12(2)8-6-10-14(16)18-4/h5-10H,1-4H3. The van der Waals surface area contributed by atoms with Gasteiger partial charge in [-0.05, 0) is 37.1 Å². The van der Waals surface area contributed by atoms with E-state index in [-0.39, 0.29) is 0 Å². The molecule has 0 aliphatic carbocycles. The Morgan fingerprint density at radius 2 is 1.06 bits per heavy atom. The largest absolute Gasteiger partial charge is 0.496 e. The molecular weight excluding hydrogens is 224 g/mol. The summed E-state index contributed by atoms with van der Waals surface area (Å²) in [5, 5.41) is 0. The fourth-order valence-corrected chi connectivity index (χ4v) is 2.26. The van der Waals surface area contributed by atoms with Crippen molar-refractivity contribution in [3.05, 3.63) is 47.5 Å². The summed E-state index contributed by atoms with van der Waals surface area (Å²) in [6, 6.07) is 12.1. The second kappa shape index (κ2) is 5.13. The molecule has 0 unspecified atom stereocenters. The van der Waals surface area contributed by atoms with Crippen molar-refractivity contribution in [2.75, 3.05) is 14.2 Å². The first-order valence-electron chi connectivity index (χ1n) is 5.96. The molecule has 2 nitrogen and oxygen atoms in total. The van der Waals surface area contributed by atoms with Crippen molar-refractivity contribution >= 4 is 0 Å². The molecule has 2 rings (SSSR count). The second-order valence-electron chi connectivity index (χ2n) is 4.30. The summed E-state index contributed by atoms with van der Waals surface area (Å²) < 4.78 is 11.0. The number of benzene rings is 2. The van der Waals surface area contributed by atoms with Crippen LogP contribution in [0.3, 0.4) is 0 Å². The Hall–Kier alpha value is -1.96. The van der Waals surface area contributed by atoms with Gasteiger partial charge in [0.1, 0.15) is 11.5 Å². The van der Waals surface area contributed by atoms with Crippen molar-refractivity contribution in [3.63, 3.8) is 0 Å². The van der Waals surface area contributed by atoms with E-state index in [9.17, 15) is 0 Å². The fraction of sp³-hybridized carbons (Fsp3) is 0.250. The maximum Gasteiger partial charge on any atom is 0.127 e. The topological polar surface area (TPSA) is 18.5 Å². The van der Waals surface area contributed by atoms with E-state index in [0.29, 0.717) is 0 Å². The zero-order valence-electron chi connectivity index (χ0n) is 11.3. The summed E-state index contributed by atoms with van der Waals surface area (Å²) in [6.45, 7) is 4.17. The van der Waals surface area contributed by atoms with Gasteiger partial charge in [-0.2, -0.15) is 0 Å². The second-order valence-corrected chi connectivity index (χ2v) is 4.30. The number of ether oxygens (including phenoxy) is 2. The van der Waals surface area contributed by atoms with Crippen LogP contribution in [0.4, 0.5) is 0 Å². The highest BCUT2D eigenvalue weighted by Gasteiger charge is 2.15. The lowest BCUT2D eigenvalue weighted by Gasteiger charge is -2.16. The van der Waals surface area contributed by atoms with Crippen molar-refractivity contribution in [2.24, 2.45) is 0 Å². The van der Waals surface area contributed by atoms with Crippen molar-refractivity contribution < 1.29 is 9.47 Å². The summed E-state index contributed by atoms with van der Waals surface area (Å²) in [5.74, 6) is 1.75. The van der Waals surface area contributed by atoms with Crippen LogP contribution in [0, 0.1) is 13.8 Å². The van der Waals surface area contributed by atoms with E-state index in [1.807, 2.05) is 24.3 Å². The lowest BCUT2D eigenvalue weighted by atomic mass is 9.95. The van der Waals surface area contributed by atoms with Gasteiger partial charge >= 0.3 is 0 Å². The van der Waals surface area contributed by atoms with E-state index < -0.39 is 0 Å². The molecule has 18 heavy (non-hydrogen) atoms. The first kappa shape index (κ1) is 12.5. The van der Waals surface area contributed by atoms with E-state index in [0.717, 1.165) is 22.6 Å². The van der Waals surface area contributed by atoms with Gasteiger partial charge in [-0.25, -0.2) is 0 Å². The van der Waals surface area contributed by atoms with Crippen LogP contribution in [0.15, 0.2) is 36.4 Å². The summed E-state index contributed by atoms with van der Waals surface area (Å²) in [5.41, 5.74) is 4.58. The molecule has 0 aliphatic rings. The maximum atomic E-state index is 5.48. The maximum absolute atomic E-state index is 5.48. The minimum absolute atomic E-state index is 0.877. The van der Waals surface area contributed by atoms with Crippen molar-refractivity contribution in [1.82, 2.24) is 0 Å². The Bertz CT molecular complexity index is 508. The van der Waals surface area contributed by atoms with Crippen molar-refractivity contribution in [3.8, 4) is 22.6 Å². The quantitative estimate of drug-likeness (QED) is 0.810. The third-order valence-electron chi connectivity index (χ3n) is 3.16. The Morgan fingerprint density at radius 1 is 0.667 bits per heavy atom. The third kappa shape index (κ3) is 2.06. The summed E-state index contributed by atoms with van der Waals surface area (Å²) >= 11 is 0. The van der Waals surface area contributed by atoms with Gasteiger partial charge in [-0.15, -0.1) is 0 Å². The van der Waals surface area contributed by atoms with Crippen LogP contribution in [-0.2, 0) is 0 Å². The Kier molecular flexibility index (Phi) is 3.56. The molecule has 0 fully saturated rings. The van der Waals surface area contributed by atoms with Crippen LogP contribution >= 0.6 is 0 Å². The summed E-state index contributed by atoms with van der Waals surface area (Å²) in [6.07, 6.45) is 0. The predicted octanol–water partition coefficient (Wildman–Crippen LogP) is 3.99. The van der Waals surface area contributed by atoms with Gasteiger partial charge in [0.2, 0.25) is 0 Å². The molecule has 0 heterocycles. The minimum atomic E-state index is 0.877. The molecule has 0 spiro atoms. The van der Waals surface area contributed by atoms with Crippen LogP contribution in [0.1, 0.15) is 11.1 Å². The number of rotatable bonds is 3. The van der Waals surface area contributed by atoms with E-state index in [1.165, 1.54) is 11.1 Å². The number of methoxy groups -OCH3 is 2. The first-order chi connectivity index (χ1) is 8.69. The molecular formula is C16H18O2. The van der Waals surface area contributed by atoms with E-state index in [1.54, 1.807) is 14.2 Å². The Labute approximate surface area is 108 Å². The molecule has 0 radical (unpaired) electrons. The van der Waals surface area contributed by atoms with Gasteiger partial charge in [0.15, 0.2) is 0 Å². The van der Waals surface area contributed by atoms with E-state index in [2.05, 4.69) is 26.0 Å². The van der Waals surface area contributed by atoms with Crippen molar-refractivity contribution in [1.29, 1.82) is 0 Å². The van der Waals surface area contributed by atoms with Gasteiger partial charge in [-0.1, -0.05) is 24.3 Å². The van der Waals surface area contributed by atoms with E-state index in [4.69, 9.17) is 9.47 Å². The molecule has 0 saturated heterocycles. The zero-order chi connectivity index (χ0) is 13.1. The highest BCUT2D eigenvalue weighted by atomic mass is 16.5. The van der Waals surface area contributed by atoms with Gasteiger partial charge in [0, 0.05) is 11.1 Å². The molecule has 0 aromatic heterocycles. The zero-order valence-corrected chi connectivity index (χ0v) is 11.3. The highest BCUT2D eigenvalue weighted by molar-refractivity contribution is 5.81. The van der Waals surface area contributed by atoms with Gasteiger partial charge < -0.3 is 9.47 Å². The molecule has 0 saturated carbocycles. The SMILES string of the molecule is COc1cccc(C)c1-c1c(C)cccc1OC. The average molecular weight is 242 g/mol. The van der Waals surface area contributed by atoms with Gasteiger partial charge in [0.05, 0.1) is 14.2 Å². The fourth-order valence-electron chi connectivity index (χ4n) is 2.26. The van der Waals surface area contributed by atoms with Crippen molar-refractivity contribution in [2.45, 2.75) is 13.8 Å². The lowest BCUT2D eigenvalue weighted by Crippen LogP contribution is -1.96. The molecule has 2 aromatic rings. The molecule has 2 aromatic carbocycles. The number of aryl methyl sites for hydroxylation is 2. The lowest BCUT2D eigenvalue weighted by molar-refractivity contribution is 0.410. The van der Waals surface area contributed by atoms with Crippen LogP contribution in [0.25, 0.3) is 11.1 Å². The molecule has 0 amide bonds. The molecule has 0 N–H and O–H groups in total.